The fourth-order valence-corrected chi connectivity index (χ4v) is 4.09. The maximum absolute atomic E-state index is 13.7. The number of carbonyl (C=O) groups excluding carboxylic acids is 2. The second-order valence-electron chi connectivity index (χ2n) is 8.69. The first-order chi connectivity index (χ1) is 18.6. The van der Waals surface area contributed by atoms with Crippen molar-refractivity contribution in [2.24, 2.45) is 0 Å². The van der Waals surface area contributed by atoms with Gasteiger partial charge in [-0.1, -0.05) is 30.3 Å². The lowest BCUT2D eigenvalue weighted by Gasteiger charge is -2.24. The predicted molar refractivity (Wildman–Crippen MR) is 140 cm³/mol. The zero-order valence-corrected chi connectivity index (χ0v) is 22.0. The highest BCUT2D eigenvalue weighted by Gasteiger charge is 2.31. The molecule has 10 heteroatoms. The standard InChI is InChI=1S/C29H31F3N2O5/c1-4-34(28(37)33-17-20-8-6-7-9-25(20)35)18-21-16-22(29(30,31)32)11-12-23(21)24-14-19(10-13-26(24)38-3)15-27(36)39-5-2/h6-14,16,35H,4-5,15,17-18H2,1-3H3,(H,33,37). The zero-order valence-electron chi connectivity index (χ0n) is 22.0. The first-order valence-electron chi connectivity index (χ1n) is 12.4. The van der Waals surface area contributed by atoms with Gasteiger partial charge in [-0.05, 0) is 60.9 Å². The third kappa shape index (κ3) is 7.66. The van der Waals surface area contributed by atoms with Gasteiger partial charge in [0.15, 0.2) is 0 Å². The summed E-state index contributed by atoms with van der Waals surface area (Å²) in [4.78, 5) is 26.4. The van der Waals surface area contributed by atoms with E-state index in [1.807, 2.05) is 0 Å². The zero-order chi connectivity index (χ0) is 28.6. The van der Waals surface area contributed by atoms with Crippen molar-refractivity contribution in [3.8, 4) is 22.6 Å². The first kappa shape index (κ1) is 29.3. The number of urea groups is 1. The van der Waals surface area contributed by atoms with Gasteiger partial charge in [-0.3, -0.25) is 4.79 Å². The molecule has 0 bridgehead atoms. The summed E-state index contributed by atoms with van der Waals surface area (Å²) in [6, 6.07) is 14.4. The molecule has 0 fully saturated rings. The van der Waals surface area contributed by atoms with Crippen molar-refractivity contribution in [3.05, 3.63) is 82.9 Å². The summed E-state index contributed by atoms with van der Waals surface area (Å²) in [7, 11) is 1.44. The largest absolute Gasteiger partial charge is 0.508 e. The van der Waals surface area contributed by atoms with Crippen molar-refractivity contribution >= 4 is 12.0 Å². The van der Waals surface area contributed by atoms with Crippen LogP contribution in [0.4, 0.5) is 18.0 Å². The van der Waals surface area contributed by atoms with Crippen LogP contribution in [0.5, 0.6) is 11.5 Å². The number of phenols is 1. The molecule has 208 valence electrons. The number of benzene rings is 3. The quantitative estimate of drug-likeness (QED) is 0.309. The van der Waals surface area contributed by atoms with Crippen molar-refractivity contribution in [1.29, 1.82) is 0 Å². The average Bonchev–Trinajstić information content (AvgIpc) is 2.90. The number of methoxy groups -OCH3 is 1. The normalized spacial score (nSPS) is 11.1. The second kappa shape index (κ2) is 13.0. The number of nitrogens with one attached hydrogen (secondary N) is 1. The van der Waals surface area contributed by atoms with Crippen LogP contribution in [0.3, 0.4) is 0 Å². The van der Waals surface area contributed by atoms with Crippen LogP contribution in [0.15, 0.2) is 60.7 Å². The van der Waals surface area contributed by atoms with Crippen LogP contribution in [-0.4, -0.2) is 42.3 Å². The van der Waals surface area contributed by atoms with Crippen molar-refractivity contribution in [1.82, 2.24) is 10.2 Å². The van der Waals surface area contributed by atoms with Crippen LogP contribution in [-0.2, 0) is 35.2 Å². The molecular formula is C29H31F3N2O5. The van der Waals surface area contributed by atoms with Gasteiger partial charge < -0.3 is 24.8 Å². The number of alkyl halides is 3. The monoisotopic (exact) mass is 544 g/mol. The van der Waals surface area contributed by atoms with Gasteiger partial charge in [-0.2, -0.15) is 13.2 Å². The Kier molecular flexibility index (Phi) is 9.81. The third-order valence-electron chi connectivity index (χ3n) is 6.09. The number of aromatic hydroxyl groups is 1. The number of nitrogens with zero attached hydrogens (tertiary/aromatic N) is 1. The lowest BCUT2D eigenvalue weighted by molar-refractivity contribution is -0.142. The second-order valence-corrected chi connectivity index (χ2v) is 8.69. The number of esters is 1. The number of hydrogen-bond donors (Lipinski definition) is 2. The van der Waals surface area contributed by atoms with Crippen molar-refractivity contribution in [2.75, 3.05) is 20.3 Å². The summed E-state index contributed by atoms with van der Waals surface area (Å²) in [5.41, 5.74) is 1.41. The molecule has 2 N–H and O–H groups in total. The van der Waals surface area contributed by atoms with E-state index in [4.69, 9.17) is 9.47 Å². The predicted octanol–water partition coefficient (Wildman–Crippen LogP) is 5.92. The van der Waals surface area contributed by atoms with Crippen LogP contribution in [0, 0.1) is 0 Å². The molecule has 0 unspecified atom stereocenters. The minimum absolute atomic E-state index is 0.0172. The Bertz CT molecular complexity index is 1310. The molecule has 39 heavy (non-hydrogen) atoms. The molecule has 0 radical (unpaired) electrons. The summed E-state index contributed by atoms with van der Waals surface area (Å²) in [6.07, 6.45) is -4.61. The van der Waals surface area contributed by atoms with Crippen molar-refractivity contribution < 1.29 is 37.3 Å². The van der Waals surface area contributed by atoms with E-state index in [1.165, 1.54) is 24.1 Å². The van der Waals surface area contributed by atoms with E-state index in [1.54, 1.807) is 50.2 Å². The fourth-order valence-electron chi connectivity index (χ4n) is 4.09. The van der Waals surface area contributed by atoms with E-state index in [9.17, 15) is 27.9 Å². The molecular weight excluding hydrogens is 513 g/mol. The smallest absolute Gasteiger partial charge is 0.416 e. The molecule has 3 aromatic rings. The summed E-state index contributed by atoms with van der Waals surface area (Å²) >= 11 is 0. The molecule has 0 aliphatic heterocycles. The molecule has 3 aromatic carbocycles. The van der Waals surface area contributed by atoms with Crippen LogP contribution in [0.1, 0.15) is 36.1 Å². The van der Waals surface area contributed by atoms with Gasteiger partial charge in [0.1, 0.15) is 11.5 Å². The fraction of sp³-hybridized carbons (Fsp3) is 0.310. The number of para-hydroxylation sites is 1. The number of carbonyl (C=O) groups is 2. The summed E-state index contributed by atoms with van der Waals surface area (Å²) in [5, 5.41) is 12.7. The SMILES string of the molecule is CCOC(=O)Cc1ccc(OC)c(-c2ccc(C(F)(F)F)cc2CN(CC)C(=O)NCc2ccccc2O)c1. The van der Waals surface area contributed by atoms with Gasteiger partial charge in [-0.15, -0.1) is 0 Å². The van der Waals surface area contributed by atoms with Gasteiger partial charge in [0.05, 0.1) is 25.7 Å². The van der Waals surface area contributed by atoms with Crippen LogP contribution in [0.2, 0.25) is 0 Å². The van der Waals surface area contributed by atoms with Crippen molar-refractivity contribution in [3.63, 3.8) is 0 Å². The Morgan fingerprint density at radius 3 is 2.36 bits per heavy atom. The highest BCUT2D eigenvalue weighted by atomic mass is 19.4. The van der Waals surface area contributed by atoms with Gasteiger partial charge in [0.2, 0.25) is 0 Å². The lowest BCUT2D eigenvalue weighted by atomic mass is 9.94. The maximum Gasteiger partial charge on any atom is 0.416 e. The molecule has 0 saturated heterocycles. The highest BCUT2D eigenvalue weighted by Crippen LogP contribution is 2.38. The van der Waals surface area contributed by atoms with Crippen LogP contribution < -0.4 is 10.1 Å². The summed E-state index contributed by atoms with van der Waals surface area (Å²) in [6.45, 7) is 3.76. The van der Waals surface area contributed by atoms with Gasteiger partial charge in [0, 0.05) is 30.8 Å². The molecule has 0 aliphatic rings. The van der Waals surface area contributed by atoms with E-state index < -0.39 is 23.7 Å². The Hall–Kier alpha value is -4.21. The molecule has 0 aromatic heterocycles. The summed E-state index contributed by atoms with van der Waals surface area (Å²) in [5.74, 6) is -0.00831. The molecule has 0 spiro atoms. The van der Waals surface area contributed by atoms with Gasteiger partial charge >= 0.3 is 18.2 Å². The number of rotatable bonds is 10. The number of amides is 2. The van der Waals surface area contributed by atoms with E-state index in [-0.39, 0.29) is 44.0 Å². The van der Waals surface area contributed by atoms with Crippen LogP contribution in [0.25, 0.3) is 11.1 Å². The minimum Gasteiger partial charge on any atom is -0.508 e. The molecule has 0 aliphatic carbocycles. The van der Waals surface area contributed by atoms with Gasteiger partial charge in [-0.25, -0.2) is 4.79 Å². The van der Waals surface area contributed by atoms with Crippen LogP contribution >= 0.6 is 0 Å². The molecule has 2 amide bonds. The number of hydrogen-bond acceptors (Lipinski definition) is 5. The minimum atomic E-state index is -4.59. The number of ether oxygens (including phenoxy) is 2. The number of phenolic OH excluding ortho intramolecular Hbond substituents is 1. The number of halogens is 3. The van der Waals surface area contributed by atoms with E-state index >= 15 is 0 Å². The van der Waals surface area contributed by atoms with E-state index in [0.29, 0.717) is 28.0 Å². The van der Waals surface area contributed by atoms with Gasteiger partial charge in [0.25, 0.3) is 0 Å². The Morgan fingerprint density at radius 1 is 0.974 bits per heavy atom. The lowest BCUT2D eigenvalue weighted by Crippen LogP contribution is -2.39. The third-order valence-corrected chi connectivity index (χ3v) is 6.09. The molecule has 3 rings (SSSR count). The van der Waals surface area contributed by atoms with E-state index in [0.717, 1.165) is 12.1 Å². The maximum atomic E-state index is 13.7. The molecule has 7 nitrogen and oxygen atoms in total. The Labute approximate surface area is 225 Å². The first-order valence-corrected chi connectivity index (χ1v) is 12.4. The average molecular weight is 545 g/mol. The molecule has 0 atom stereocenters. The summed E-state index contributed by atoms with van der Waals surface area (Å²) < 4.78 is 51.5. The van der Waals surface area contributed by atoms with E-state index in [2.05, 4.69) is 5.32 Å². The topological polar surface area (TPSA) is 88.1 Å². The Balaban J connectivity index is 1.98. The van der Waals surface area contributed by atoms with Crippen molar-refractivity contribution in [2.45, 2.75) is 39.5 Å². The highest BCUT2D eigenvalue weighted by molar-refractivity contribution is 5.79. The molecule has 0 heterocycles. The Morgan fingerprint density at radius 2 is 1.72 bits per heavy atom. The molecule has 0 saturated carbocycles.